The Morgan fingerprint density at radius 2 is 1.93 bits per heavy atom. The summed E-state index contributed by atoms with van der Waals surface area (Å²) in [6, 6.07) is 7.30. The first-order valence-electron chi connectivity index (χ1n) is 8.15. The lowest BCUT2D eigenvalue weighted by Gasteiger charge is -2.07. The summed E-state index contributed by atoms with van der Waals surface area (Å²) in [4.78, 5) is 28.2. The number of hydrogen-bond acceptors (Lipinski definition) is 6. The molecule has 0 unspecified atom stereocenters. The fraction of sp³-hybridized carbons (Fsp3) is 0.235. The van der Waals surface area contributed by atoms with Gasteiger partial charge >= 0.3 is 11.8 Å². The standard InChI is InChI=1S/C17H17IN6O3/c1-11-4-2-3-5-13(11)15(25)19-6-7-20-16(26)17-22-14(23-27-17)10-24-9-12(18)8-21-24/h2-5,8-9H,6-7,10H2,1H3,(H,19,25)(H,20,26). The molecule has 2 N–H and O–H groups in total. The monoisotopic (exact) mass is 480 g/mol. The van der Waals surface area contributed by atoms with Crippen molar-refractivity contribution in [3.63, 3.8) is 0 Å². The van der Waals surface area contributed by atoms with Gasteiger partial charge in [0.05, 0.1) is 9.77 Å². The number of hydrogen-bond donors (Lipinski definition) is 2. The van der Waals surface area contributed by atoms with E-state index in [1.807, 2.05) is 25.3 Å². The van der Waals surface area contributed by atoms with Crippen molar-refractivity contribution < 1.29 is 14.1 Å². The Balaban J connectivity index is 1.44. The van der Waals surface area contributed by atoms with Crippen molar-refractivity contribution in [2.75, 3.05) is 13.1 Å². The molecule has 2 aromatic heterocycles. The van der Waals surface area contributed by atoms with Crippen LogP contribution in [-0.2, 0) is 6.54 Å². The molecule has 140 valence electrons. The number of rotatable bonds is 7. The van der Waals surface area contributed by atoms with Crippen LogP contribution in [0.5, 0.6) is 0 Å². The minimum absolute atomic E-state index is 0.128. The number of nitrogens with one attached hydrogen (secondary N) is 2. The van der Waals surface area contributed by atoms with Crippen molar-refractivity contribution in [2.45, 2.75) is 13.5 Å². The highest BCUT2D eigenvalue weighted by Gasteiger charge is 2.15. The molecule has 0 saturated heterocycles. The molecular formula is C17H17IN6O3. The van der Waals surface area contributed by atoms with Gasteiger partial charge in [0.15, 0.2) is 5.82 Å². The van der Waals surface area contributed by atoms with Crippen molar-refractivity contribution in [1.29, 1.82) is 0 Å². The first kappa shape index (κ1) is 19.0. The van der Waals surface area contributed by atoms with Gasteiger partial charge < -0.3 is 15.2 Å². The summed E-state index contributed by atoms with van der Waals surface area (Å²) >= 11 is 2.15. The van der Waals surface area contributed by atoms with E-state index in [2.05, 4.69) is 48.5 Å². The molecule has 9 nitrogen and oxygen atoms in total. The number of amides is 2. The van der Waals surface area contributed by atoms with E-state index in [0.717, 1.165) is 9.13 Å². The highest BCUT2D eigenvalue weighted by Crippen LogP contribution is 2.06. The van der Waals surface area contributed by atoms with Gasteiger partial charge in [-0.3, -0.25) is 14.3 Å². The van der Waals surface area contributed by atoms with Crippen LogP contribution in [0, 0.1) is 10.5 Å². The van der Waals surface area contributed by atoms with Crippen LogP contribution in [0.3, 0.4) is 0 Å². The summed E-state index contributed by atoms with van der Waals surface area (Å²) in [5.41, 5.74) is 1.50. The van der Waals surface area contributed by atoms with E-state index >= 15 is 0 Å². The average Bonchev–Trinajstić information content (AvgIpc) is 3.28. The summed E-state index contributed by atoms with van der Waals surface area (Å²) in [5.74, 6) is -0.449. The maximum Gasteiger partial charge on any atom is 0.316 e. The average molecular weight is 480 g/mol. The Morgan fingerprint density at radius 1 is 1.19 bits per heavy atom. The third kappa shape index (κ3) is 5.12. The molecule has 3 rings (SSSR count). The van der Waals surface area contributed by atoms with Crippen LogP contribution in [0.15, 0.2) is 41.2 Å². The van der Waals surface area contributed by atoms with Crippen LogP contribution in [0.4, 0.5) is 0 Å². The van der Waals surface area contributed by atoms with Crippen molar-refractivity contribution in [3.05, 3.63) is 63.1 Å². The lowest BCUT2D eigenvalue weighted by atomic mass is 10.1. The van der Waals surface area contributed by atoms with Crippen molar-refractivity contribution in [2.24, 2.45) is 0 Å². The van der Waals surface area contributed by atoms with Gasteiger partial charge in [0.1, 0.15) is 6.54 Å². The van der Waals surface area contributed by atoms with Crippen LogP contribution in [0.25, 0.3) is 0 Å². The predicted octanol–water partition coefficient (Wildman–Crippen LogP) is 1.39. The van der Waals surface area contributed by atoms with Crippen molar-refractivity contribution in [3.8, 4) is 0 Å². The van der Waals surface area contributed by atoms with Crippen LogP contribution in [0.2, 0.25) is 0 Å². The van der Waals surface area contributed by atoms with Gasteiger partial charge in [-0.15, -0.1) is 0 Å². The molecule has 1 aromatic carbocycles. The molecule has 0 atom stereocenters. The number of aromatic nitrogens is 4. The molecule has 0 aliphatic carbocycles. The van der Waals surface area contributed by atoms with E-state index in [1.165, 1.54) is 0 Å². The molecule has 2 heterocycles. The van der Waals surface area contributed by atoms with Crippen LogP contribution < -0.4 is 10.6 Å². The molecule has 0 radical (unpaired) electrons. The molecule has 0 bridgehead atoms. The number of aryl methyl sites for hydroxylation is 1. The van der Waals surface area contributed by atoms with Gasteiger partial charge in [-0.05, 0) is 41.1 Å². The van der Waals surface area contributed by atoms with Crippen molar-refractivity contribution in [1.82, 2.24) is 30.6 Å². The zero-order valence-corrected chi connectivity index (χ0v) is 16.6. The smallest absolute Gasteiger partial charge is 0.316 e. The molecule has 3 aromatic rings. The van der Waals surface area contributed by atoms with Crippen LogP contribution in [-0.4, -0.2) is 44.8 Å². The second-order valence-electron chi connectivity index (χ2n) is 5.70. The van der Waals surface area contributed by atoms with Crippen molar-refractivity contribution >= 4 is 34.4 Å². The van der Waals surface area contributed by atoms with Gasteiger partial charge in [0.2, 0.25) is 0 Å². The Hall–Kier alpha value is -2.76. The third-order valence-electron chi connectivity index (χ3n) is 3.65. The normalized spacial score (nSPS) is 10.6. The highest BCUT2D eigenvalue weighted by molar-refractivity contribution is 14.1. The number of halogens is 1. The quantitative estimate of drug-likeness (QED) is 0.390. The third-order valence-corrected chi connectivity index (χ3v) is 4.21. The second-order valence-corrected chi connectivity index (χ2v) is 6.94. The maximum absolute atomic E-state index is 12.1. The predicted molar refractivity (Wildman–Crippen MR) is 104 cm³/mol. The summed E-state index contributed by atoms with van der Waals surface area (Å²) in [6.45, 7) is 2.71. The van der Waals surface area contributed by atoms with E-state index in [0.29, 0.717) is 17.9 Å². The summed E-state index contributed by atoms with van der Waals surface area (Å²) in [6.07, 6.45) is 3.54. The number of carbonyl (C=O) groups excluding carboxylic acids is 2. The van der Waals surface area contributed by atoms with Crippen LogP contribution >= 0.6 is 22.6 Å². The van der Waals surface area contributed by atoms with Gasteiger partial charge in [0.25, 0.3) is 5.91 Å². The second kappa shape index (κ2) is 8.75. The van der Waals surface area contributed by atoms with E-state index in [9.17, 15) is 9.59 Å². The zero-order valence-electron chi connectivity index (χ0n) is 14.5. The van der Waals surface area contributed by atoms with E-state index in [-0.39, 0.29) is 24.9 Å². The number of carbonyl (C=O) groups is 2. The Kier molecular flexibility index (Phi) is 6.16. The van der Waals surface area contributed by atoms with E-state index < -0.39 is 5.91 Å². The molecule has 0 aliphatic rings. The first-order chi connectivity index (χ1) is 13.0. The fourth-order valence-electron chi connectivity index (χ4n) is 2.33. The molecule has 10 heteroatoms. The molecule has 0 spiro atoms. The van der Waals surface area contributed by atoms with Gasteiger partial charge in [-0.1, -0.05) is 23.4 Å². The highest BCUT2D eigenvalue weighted by atomic mass is 127. The summed E-state index contributed by atoms with van der Waals surface area (Å²) < 4.78 is 7.60. The number of benzene rings is 1. The zero-order chi connectivity index (χ0) is 19.2. The fourth-order valence-corrected chi connectivity index (χ4v) is 2.78. The molecule has 0 aliphatic heterocycles. The molecule has 0 saturated carbocycles. The summed E-state index contributed by atoms with van der Waals surface area (Å²) in [5, 5.41) is 13.3. The van der Waals surface area contributed by atoms with Crippen LogP contribution in [0.1, 0.15) is 32.4 Å². The van der Waals surface area contributed by atoms with E-state index in [1.54, 1.807) is 23.0 Å². The minimum atomic E-state index is -0.492. The number of nitrogens with zero attached hydrogens (tertiary/aromatic N) is 4. The van der Waals surface area contributed by atoms with Gasteiger partial charge in [-0.25, -0.2) is 0 Å². The maximum atomic E-state index is 12.1. The Labute approximate surface area is 168 Å². The lowest BCUT2D eigenvalue weighted by Crippen LogP contribution is -2.35. The minimum Gasteiger partial charge on any atom is -0.350 e. The Morgan fingerprint density at radius 3 is 2.63 bits per heavy atom. The molecular weight excluding hydrogens is 463 g/mol. The SMILES string of the molecule is Cc1ccccc1C(=O)NCCNC(=O)c1nc(Cn2cc(I)cn2)no1. The Bertz CT molecular complexity index is 952. The van der Waals surface area contributed by atoms with E-state index in [4.69, 9.17) is 4.52 Å². The lowest BCUT2D eigenvalue weighted by molar-refractivity contribution is 0.0898. The first-order valence-corrected chi connectivity index (χ1v) is 9.23. The largest absolute Gasteiger partial charge is 0.350 e. The van der Waals surface area contributed by atoms with Gasteiger partial charge in [-0.2, -0.15) is 10.1 Å². The summed E-state index contributed by atoms with van der Waals surface area (Å²) in [7, 11) is 0. The molecule has 0 fully saturated rings. The van der Waals surface area contributed by atoms with Gasteiger partial charge in [0, 0.05) is 24.8 Å². The molecule has 27 heavy (non-hydrogen) atoms. The molecule has 2 amide bonds. The topological polar surface area (TPSA) is 115 Å².